The standard InChI is InChI=1S/C20H27N3O2/c1-15-9-17(10-15)19(25)22-7-4-20(5-8-22)11-18(24)23(14-20)13-16-3-2-6-21-12-16/h2-3,6,12,15,17H,4-5,7-11,13-14H2,1H3. The third-order valence-electron chi connectivity index (χ3n) is 6.36. The maximum atomic E-state index is 12.5. The van der Waals surface area contributed by atoms with Crippen LogP contribution in [0.15, 0.2) is 24.5 Å². The SMILES string of the molecule is CC1CC(C(=O)N2CCC3(CC2)CC(=O)N(Cc2cccnc2)C3)C1. The zero-order valence-electron chi connectivity index (χ0n) is 15.0. The molecular weight excluding hydrogens is 314 g/mol. The van der Waals surface area contributed by atoms with Gasteiger partial charge in [0.25, 0.3) is 0 Å². The molecule has 0 unspecified atom stereocenters. The number of pyridine rings is 1. The van der Waals surface area contributed by atoms with Crippen LogP contribution in [-0.4, -0.2) is 46.2 Å². The predicted octanol–water partition coefficient (Wildman–Crippen LogP) is 2.47. The van der Waals surface area contributed by atoms with Crippen molar-refractivity contribution in [1.29, 1.82) is 0 Å². The molecule has 0 atom stereocenters. The molecule has 25 heavy (non-hydrogen) atoms. The molecule has 2 amide bonds. The smallest absolute Gasteiger partial charge is 0.225 e. The van der Waals surface area contributed by atoms with Crippen molar-refractivity contribution in [3.8, 4) is 0 Å². The molecule has 2 aliphatic heterocycles. The third-order valence-corrected chi connectivity index (χ3v) is 6.36. The number of piperidine rings is 1. The van der Waals surface area contributed by atoms with Gasteiger partial charge in [0.2, 0.25) is 11.8 Å². The van der Waals surface area contributed by atoms with E-state index in [1.54, 1.807) is 6.20 Å². The Labute approximate surface area is 149 Å². The van der Waals surface area contributed by atoms with Crippen LogP contribution in [0.25, 0.3) is 0 Å². The number of likely N-dealkylation sites (tertiary alicyclic amines) is 2. The van der Waals surface area contributed by atoms with Gasteiger partial charge in [0.05, 0.1) is 0 Å². The zero-order valence-corrected chi connectivity index (χ0v) is 15.0. The van der Waals surface area contributed by atoms with Gasteiger partial charge in [0, 0.05) is 56.3 Å². The van der Waals surface area contributed by atoms with Crippen molar-refractivity contribution in [3.63, 3.8) is 0 Å². The van der Waals surface area contributed by atoms with Crippen LogP contribution in [0.4, 0.5) is 0 Å². The van der Waals surface area contributed by atoms with Crippen molar-refractivity contribution in [2.75, 3.05) is 19.6 Å². The van der Waals surface area contributed by atoms with Crippen LogP contribution in [0.5, 0.6) is 0 Å². The molecule has 3 aliphatic rings. The molecule has 1 spiro atoms. The van der Waals surface area contributed by atoms with Crippen LogP contribution in [0.2, 0.25) is 0 Å². The summed E-state index contributed by atoms with van der Waals surface area (Å²) in [5.74, 6) is 1.57. The lowest BCUT2D eigenvalue weighted by Crippen LogP contribution is -2.48. The molecule has 3 fully saturated rings. The molecule has 0 bridgehead atoms. The molecule has 5 nitrogen and oxygen atoms in total. The van der Waals surface area contributed by atoms with Gasteiger partial charge >= 0.3 is 0 Å². The minimum absolute atomic E-state index is 0.0724. The summed E-state index contributed by atoms with van der Waals surface area (Å²) in [4.78, 5) is 33.2. The summed E-state index contributed by atoms with van der Waals surface area (Å²) in [6.45, 7) is 5.33. The summed E-state index contributed by atoms with van der Waals surface area (Å²) >= 11 is 0. The molecule has 4 rings (SSSR count). The van der Waals surface area contributed by atoms with E-state index in [1.807, 2.05) is 23.2 Å². The molecule has 0 aromatic carbocycles. The summed E-state index contributed by atoms with van der Waals surface area (Å²) in [7, 11) is 0. The van der Waals surface area contributed by atoms with Crippen LogP contribution in [0.1, 0.15) is 44.6 Å². The molecule has 134 valence electrons. The Morgan fingerprint density at radius 1 is 1.32 bits per heavy atom. The van der Waals surface area contributed by atoms with Crippen LogP contribution >= 0.6 is 0 Å². The average molecular weight is 341 g/mol. The van der Waals surface area contributed by atoms with Crippen LogP contribution in [0, 0.1) is 17.3 Å². The molecule has 3 heterocycles. The average Bonchev–Trinajstić information content (AvgIpc) is 2.88. The Kier molecular flexibility index (Phi) is 4.26. The number of nitrogens with zero attached hydrogens (tertiary/aromatic N) is 3. The fourth-order valence-electron chi connectivity index (χ4n) is 4.74. The van der Waals surface area contributed by atoms with E-state index in [0.29, 0.717) is 24.8 Å². The Balaban J connectivity index is 1.33. The largest absolute Gasteiger partial charge is 0.342 e. The van der Waals surface area contributed by atoms with E-state index in [0.717, 1.165) is 50.9 Å². The van der Waals surface area contributed by atoms with Crippen LogP contribution in [0.3, 0.4) is 0 Å². The number of hydrogen-bond donors (Lipinski definition) is 0. The minimum atomic E-state index is 0.0724. The predicted molar refractivity (Wildman–Crippen MR) is 94.4 cm³/mol. The molecule has 0 N–H and O–H groups in total. The first-order chi connectivity index (χ1) is 12.0. The third kappa shape index (κ3) is 3.29. The van der Waals surface area contributed by atoms with Crippen molar-refractivity contribution in [2.24, 2.45) is 17.3 Å². The van der Waals surface area contributed by atoms with E-state index < -0.39 is 0 Å². The van der Waals surface area contributed by atoms with Gasteiger partial charge in [-0.3, -0.25) is 14.6 Å². The highest BCUT2D eigenvalue weighted by Crippen LogP contribution is 2.42. The van der Waals surface area contributed by atoms with Gasteiger partial charge in [0.1, 0.15) is 0 Å². The van der Waals surface area contributed by atoms with E-state index in [2.05, 4.69) is 16.8 Å². The zero-order chi connectivity index (χ0) is 17.4. The van der Waals surface area contributed by atoms with Crippen LogP contribution in [-0.2, 0) is 16.1 Å². The lowest BCUT2D eigenvalue weighted by atomic mass is 9.74. The first-order valence-electron chi connectivity index (χ1n) is 9.50. The van der Waals surface area contributed by atoms with Gasteiger partial charge in [-0.05, 0) is 43.2 Å². The Bertz CT molecular complexity index is 646. The molecule has 0 radical (unpaired) electrons. The normalized spacial score (nSPS) is 28.3. The monoisotopic (exact) mass is 341 g/mol. The maximum Gasteiger partial charge on any atom is 0.225 e. The molecule has 1 saturated carbocycles. The van der Waals surface area contributed by atoms with E-state index in [-0.39, 0.29) is 17.2 Å². The summed E-state index contributed by atoms with van der Waals surface area (Å²) < 4.78 is 0. The van der Waals surface area contributed by atoms with E-state index in [1.165, 1.54) is 0 Å². The second-order valence-corrected chi connectivity index (χ2v) is 8.39. The number of aromatic nitrogens is 1. The highest BCUT2D eigenvalue weighted by Gasteiger charge is 2.46. The van der Waals surface area contributed by atoms with Crippen molar-refractivity contribution in [3.05, 3.63) is 30.1 Å². The molecule has 5 heteroatoms. The molecule has 2 saturated heterocycles. The van der Waals surface area contributed by atoms with Crippen LogP contribution < -0.4 is 0 Å². The van der Waals surface area contributed by atoms with Gasteiger partial charge in [0.15, 0.2) is 0 Å². The topological polar surface area (TPSA) is 53.5 Å². The fourth-order valence-corrected chi connectivity index (χ4v) is 4.74. The summed E-state index contributed by atoms with van der Waals surface area (Å²) in [5.41, 5.74) is 1.16. The lowest BCUT2D eigenvalue weighted by molar-refractivity contribution is -0.142. The minimum Gasteiger partial charge on any atom is -0.342 e. The Morgan fingerprint density at radius 2 is 2.08 bits per heavy atom. The van der Waals surface area contributed by atoms with E-state index >= 15 is 0 Å². The summed E-state index contributed by atoms with van der Waals surface area (Å²) in [5, 5.41) is 0. The van der Waals surface area contributed by atoms with Crippen molar-refractivity contribution >= 4 is 11.8 Å². The van der Waals surface area contributed by atoms with Crippen molar-refractivity contribution < 1.29 is 9.59 Å². The van der Waals surface area contributed by atoms with Gasteiger partial charge in [-0.25, -0.2) is 0 Å². The molecule has 1 aliphatic carbocycles. The lowest BCUT2D eigenvalue weighted by Gasteiger charge is -2.42. The van der Waals surface area contributed by atoms with Gasteiger partial charge in [-0.15, -0.1) is 0 Å². The summed E-state index contributed by atoms with van der Waals surface area (Å²) in [6, 6.07) is 3.93. The van der Waals surface area contributed by atoms with Gasteiger partial charge in [-0.1, -0.05) is 13.0 Å². The molecule has 1 aromatic heterocycles. The van der Waals surface area contributed by atoms with Gasteiger partial charge < -0.3 is 9.80 Å². The van der Waals surface area contributed by atoms with Crippen molar-refractivity contribution in [2.45, 2.75) is 45.6 Å². The number of amides is 2. The van der Waals surface area contributed by atoms with Crippen molar-refractivity contribution in [1.82, 2.24) is 14.8 Å². The molecular formula is C20H27N3O2. The Morgan fingerprint density at radius 3 is 2.72 bits per heavy atom. The fraction of sp³-hybridized carbons (Fsp3) is 0.650. The number of hydrogen-bond acceptors (Lipinski definition) is 3. The summed E-state index contributed by atoms with van der Waals surface area (Å²) in [6.07, 6.45) is 8.24. The highest BCUT2D eigenvalue weighted by molar-refractivity contribution is 5.81. The molecule has 1 aromatic rings. The number of carbonyl (C=O) groups excluding carboxylic acids is 2. The highest BCUT2D eigenvalue weighted by atomic mass is 16.2. The van der Waals surface area contributed by atoms with Gasteiger partial charge in [-0.2, -0.15) is 0 Å². The quantitative estimate of drug-likeness (QED) is 0.849. The van der Waals surface area contributed by atoms with E-state index in [4.69, 9.17) is 0 Å². The maximum absolute atomic E-state index is 12.5. The number of carbonyl (C=O) groups is 2. The first kappa shape index (κ1) is 16.6. The Hall–Kier alpha value is -1.91. The second kappa shape index (κ2) is 6.43. The second-order valence-electron chi connectivity index (χ2n) is 8.39. The first-order valence-corrected chi connectivity index (χ1v) is 9.50. The number of rotatable bonds is 3. The van der Waals surface area contributed by atoms with E-state index in [9.17, 15) is 9.59 Å².